The predicted molar refractivity (Wildman–Crippen MR) is 66.7 cm³/mol. The first-order valence-electron chi connectivity index (χ1n) is 6.15. The number of hydrogen-bond acceptors (Lipinski definition) is 4. The van der Waals surface area contributed by atoms with Crippen LogP contribution in [0.4, 0.5) is 0 Å². The third-order valence-electron chi connectivity index (χ3n) is 3.29. The maximum atomic E-state index is 12.0. The Kier molecular flexibility index (Phi) is 2.83. The summed E-state index contributed by atoms with van der Waals surface area (Å²) >= 11 is 0. The van der Waals surface area contributed by atoms with Crippen LogP contribution in [0.1, 0.15) is 6.42 Å². The van der Waals surface area contributed by atoms with Gasteiger partial charge in [-0.1, -0.05) is 6.07 Å². The number of aliphatic hydroxyl groups excluding tert-OH is 1. The molecule has 2 aromatic heterocycles. The SMILES string of the molecule is O=C(Cn1nc2ccccn2c1=O)N1CC[C@H](O)C1. The average molecular weight is 262 g/mol. The molecule has 2 aromatic rings. The topological polar surface area (TPSA) is 79.8 Å². The first kappa shape index (κ1) is 11.9. The van der Waals surface area contributed by atoms with Gasteiger partial charge in [0.15, 0.2) is 5.65 Å². The number of β-amino-alcohol motifs (C(OH)–C–C–N with tert-alkyl or cyclic N) is 1. The average Bonchev–Trinajstić information content (AvgIpc) is 2.96. The summed E-state index contributed by atoms with van der Waals surface area (Å²) in [7, 11) is 0. The lowest BCUT2D eigenvalue weighted by Gasteiger charge is -2.14. The number of nitrogens with zero attached hydrogens (tertiary/aromatic N) is 4. The van der Waals surface area contributed by atoms with Crippen molar-refractivity contribution in [2.45, 2.75) is 19.1 Å². The molecule has 0 aliphatic carbocycles. The number of amides is 1. The Morgan fingerprint density at radius 1 is 1.47 bits per heavy atom. The third kappa shape index (κ3) is 2.12. The molecule has 1 aliphatic rings. The Bertz CT molecular complexity index is 675. The fourth-order valence-corrected chi connectivity index (χ4v) is 2.27. The molecule has 7 nitrogen and oxygen atoms in total. The normalized spacial score (nSPS) is 19.2. The van der Waals surface area contributed by atoms with Crippen molar-refractivity contribution in [1.29, 1.82) is 0 Å². The molecular weight excluding hydrogens is 248 g/mol. The molecule has 1 fully saturated rings. The minimum absolute atomic E-state index is 0.0900. The Labute approximate surface area is 108 Å². The van der Waals surface area contributed by atoms with E-state index >= 15 is 0 Å². The maximum absolute atomic E-state index is 12.0. The van der Waals surface area contributed by atoms with Crippen LogP contribution in [-0.2, 0) is 11.3 Å². The van der Waals surface area contributed by atoms with Crippen LogP contribution in [0, 0.1) is 0 Å². The van der Waals surface area contributed by atoms with Crippen molar-refractivity contribution in [3.63, 3.8) is 0 Å². The maximum Gasteiger partial charge on any atom is 0.350 e. The van der Waals surface area contributed by atoms with Gasteiger partial charge in [-0.3, -0.25) is 9.20 Å². The summed E-state index contributed by atoms with van der Waals surface area (Å²) < 4.78 is 2.55. The highest BCUT2D eigenvalue weighted by atomic mass is 16.3. The molecule has 0 radical (unpaired) electrons. The van der Waals surface area contributed by atoms with Crippen LogP contribution in [-0.4, -0.2) is 49.3 Å². The molecule has 1 amide bonds. The largest absolute Gasteiger partial charge is 0.391 e. The highest BCUT2D eigenvalue weighted by molar-refractivity contribution is 5.76. The molecule has 1 N–H and O–H groups in total. The number of carbonyl (C=O) groups excluding carboxylic acids is 1. The Morgan fingerprint density at radius 2 is 2.32 bits per heavy atom. The summed E-state index contributed by atoms with van der Waals surface area (Å²) in [6.45, 7) is 0.774. The quantitative estimate of drug-likeness (QED) is 0.760. The minimum atomic E-state index is -0.457. The van der Waals surface area contributed by atoms with Gasteiger partial charge in [0.25, 0.3) is 0 Å². The van der Waals surface area contributed by atoms with Crippen LogP contribution in [0.15, 0.2) is 29.2 Å². The minimum Gasteiger partial charge on any atom is -0.391 e. The second-order valence-electron chi connectivity index (χ2n) is 4.65. The van der Waals surface area contributed by atoms with E-state index in [2.05, 4.69) is 5.10 Å². The van der Waals surface area contributed by atoms with Gasteiger partial charge in [0.1, 0.15) is 6.54 Å². The number of hydrogen-bond donors (Lipinski definition) is 1. The number of aliphatic hydroxyl groups is 1. The van der Waals surface area contributed by atoms with Crippen molar-refractivity contribution in [2.75, 3.05) is 13.1 Å². The van der Waals surface area contributed by atoms with E-state index < -0.39 is 6.10 Å². The smallest absolute Gasteiger partial charge is 0.350 e. The van der Waals surface area contributed by atoms with Crippen molar-refractivity contribution in [3.8, 4) is 0 Å². The molecule has 3 heterocycles. The third-order valence-corrected chi connectivity index (χ3v) is 3.29. The Hall–Kier alpha value is -2.15. The van der Waals surface area contributed by atoms with E-state index in [4.69, 9.17) is 0 Å². The second-order valence-corrected chi connectivity index (χ2v) is 4.65. The van der Waals surface area contributed by atoms with Crippen molar-refractivity contribution < 1.29 is 9.90 Å². The fraction of sp³-hybridized carbons (Fsp3) is 0.417. The number of carbonyl (C=O) groups is 1. The summed E-state index contributed by atoms with van der Waals surface area (Å²) in [5.74, 6) is -0.193. The van der Waals surface area contributed by atoms with Crippen LogP contribution < -0.4 is 5.69 Å². The van der Waals surface area contributed by atoms with E-state index in [0.717, 1.165) is 4.68 Å². The summed E-state index contributed by atoms with van der Waals surface area (Å²) in [5, 5.41) is 13.5. The molecule has 3 rings (SSSR count). The number of fused-ring (bicyclic) bond motifs is 1. The van der Waals surface area contributed by atoms with Crippen molar-refractivity contribution in [1.82, 2.24) is 19.1 Å². The lowest BCUT2D eigenvalue weighted by Crippen LogP contribution is -2.35. The van der Waals surface area contributed by atoms with Gasteiger partial charge in [0.05, 0.1) is 6.10 Å². The lowest BCUT2D eigenvalue weighted by molar-refractivity contribution is -0.131. The summed E-state index contributed by atoms with van der Waals surface area (Å²) in [4.78, 5) is 25.5. The van der Waals surface area contributed by atoms with Gasteiger partial charge in [-0.05, 0) is 18.6 Å². The number of likely N-dealkylation sites (tertiary alicyclic amines) is 1. The van der Waals surface area contributed by atoms with Crippen LogP contribution in [0.5, 0.6) is 0 Å². The highest BCUT2D eigenvalue weighted by Crippen LogP contribution is 2.09. The molecule has 100 valence electrons. The van der Waals surface area contributed by atoms with E-state index in [1.54, 1.807) is 29.3 Å². The molecule has 1 saturated heterocycles. The van der Waals surface area contributed by atoms with Gasteiger partial charge in [-0.25, -0.2) is 9.48 Å². The molecule has 0 bridgehead atoms. The van der Waals surface area contributed by atoms with Gasteiger partial charge < -0.3 is 10.0 Å². The van der Waals surface area contributed by atoms with E-state index in [0.29, 0.717) is 25.2 Å². The van der Waals surface area contributed by atoms with Crippen molar-refractivity contribution >= 4 is 11.6 Å². The second kappa shape index (κ2) is 4.51. The molecular formula is C12H14N4O3. The molecule has 1 aliphatic heterocycles. The molecule has 0 spiro atoms. The zero-order chi connectivity index (χ0) is 13.4. The monoisotopic (exact) mass is 262 g/mol. The van der Waals surface area contributed by atoms with Gasteiger partial charge in [0, 0.05) is 19.3 Å². The van der Waals surface area contributed by atoms with Gasteiger partial charge in [-0.2, -0.15) is 0 Å². The molecule has 0 unspecified atom stereocenters. The van der Waals surface area contributed by atoms with Crippen LogP contribution in [0.3, 0.4) is 0 Å². The van der Waals surface area contributed by atoms with Crippen molar-refractivity contribution in [3.05, 3.63) is 34.9 Å². The first-order chi connectivity index (χ1) is 9.15. The zero-order valence-corrected chi connectivity index (χ0v) is 10.3. The number of pyridine rings is 1. The zero-order valence-electron chi connectivity index (χ0n) is 10.3. The van der Waals surface area contributed by atoms with E-state index in [1.165, 1.54) is 4.40 Å². The Morgan fingerprint density at radius 3 is 3.00 bits per heavy atom. The summed E-state index contributed by atoms with van der Waals surface area (Å²) in [6, 6.07) is 5.23. The molecule has 1 atom stereocenters. The number of aromatic nitrogens is 3. The van der Waals surface area contributed by atoms with E-state index in [-0.39, 0.29) is 18.1 Å². The van der Waals surface area contributed by atoms with Gasteiger partial charge >= 0.3 is 5.69 Å². The summed E-state index contributed by atoms with van der Waals surface area (Å²) in [6.07, 6.45) is 1.75. The highest BCUT2D eigenvalue weighted by Gasteiger charge is 2.25. The molecule has 0 saturated carbocycles. The van der Waals surface area contributed by atoms with E-state index in [1.807, 2.05) is 0 Å². The predicted octanol–water partition coefficient (Wildman–Crippen LogP) is -0.911. The van der Waals surface area contributed by atoms with Crippen LogP contribution >= 0.6 is 0 Å². The van der Waals surface area contributed by atoms with Crippen molar-refractivity contribution in [2.24, 2.45) is 0 Å². The van der Waals surface area contributed by atoms with Gasteiger partial charge in [0.2, 0.25) is 5.91 Å². The van der Waals surface area contributed by atoms with Crippen LogP contribution in [0.2, 0.25) is 0 Å². The summed E-state index contributed by atoms with van der Waals surface area (Å²) in [5.41, 5.74) is 0.186. The standard InChI is InChI=1S/C12H14N4O3/c17-9-4-6-14(7-9)11(18)8-16-12(19)15-5-2-1-3-10(15)13-16/h1-3,5,9,17H,4,6-8H2/t9-/m0/s1. The first-order valence-corrected chi connectivity index (χ1v) is 6.15. The van der Waals surface area contributed by atoms with Gasteiger partial charge in [-0.15, -0.1) is 5.10 Å². The van der Waals surface area contributed by atoms with Crippen LogP contribution in [0.25, 0.3) is 5.65 Å². The molecule has 0 aromatic carbocycles. The van der Waals surface area contributed by atoms with E-state index in [9.17, 15) is 14.7 Å². The number of rotatable bonds is 2. The molecule has 7 heteroatoms. The Balaban J connectivity index is 1.83. The lowest BCUT2D eigenvalue weighted by atomic mass is 10.3. The molecule has 19 heavy (non-hydrogen) atoms. The fourth-order valence-electron chi connectivity index (χ4n) is 2.27.